The van der Waals surface area contributed by atoms with Crippen molar-refractivity contribution in [2.24, 2.45) is 7.05 Å². The molecule has 272 valence electrons. The molecule has 0 radical (unpaired) electrons. The number of hydrogen-bond acceptors (Lipinski definition) is 6. The fourth-order valence-corrected chi connectivity index (χ4v) is 8.01. The molecular weight excluding hydrogens is 669 g/mol. The summed E-state index contributed by atoms with van der Waals surface area (Å²) >= 11 is 0. The van der Waals surface area contributed by atoms with E-state index in [1.165, 1.54) is 23.1 Å². The summed E-state index contributed by atoms with van der Waals surface area (Å²) in [4.78, 5) is 27.9. The number of anilines is 1. The normalized spacial score (nSPS) is 16.4. The highest BCUT2D eigenvalue weighted by Crippen LogP contribution is 2.39. The Kier molecular flexibility index (Phi) is 10.0. The summed E-state index contributed by atoms with van der Waals surface area (Å²) in [6, 6.07) is 16.8. The van der Waals surface area contributed by atoms with Crippen molar-refractivity contribution in [3.05, 3.63) is 95.3 Å². The summed E-state index contributed by atoms with van der Waals surface area (Å²) in [5, 5.41) is 19.8. The maximum atomic E-state index is 14.3. The fourth-order valence-electron chi connectivity index (χ4n) is 7.26. The van der Waals surface area contributed by atoms with Crippen LogP contribution >= 0.6 is 0 Å². The van der Waals surface area contributed by atoms with E-state index < -0.39 is 14.1 Å². The summed E-state index contributed by atoms with van der Waals surface area (Å²) in [6.07, 6.45) is 10.6. The zero-order valence-corrected chi connectivity index (χ0v) is 32.1. The van der Waals surface area contributed by atoms with Crippen molar-refractivity contribution in [3.63, 3.8) is 0 Å². The standard InChI is InChI=1S/C40H50N8O3Si/c1-26-37(27(2)48(45-26)25-51-20-21-52(4,5)6)29-12-14-32(15-13-29)43-40(50)38(44-39(49)36-18-19-41-46(36)3)34-9-7-8-28-10-11-30(22-35(28)34)31-23-42-47(24-31)33-16-17-33/h10-15,18-19,22-24,33-34,38H,7-9,16-17,20-21,25H2,1-6H3,(H,43,50)(H,44,49)/t34-,38?/m1/s1. The monoisotopic (exact) mass is 718 g/mol. The Labute approximate surface area is 306 Å². The Hall–Kier alpha value is -4.81. The van der Waals surface area contributed by atoms with Gasteiger partial charge in [-0.2, -0.15) is 15.3 Å². The minimum absolute atomic E-state index is 0.220. The molecule has 11 nitrogen and oxygen atoms in total. The van der Waals surface area contributed by atoms with E-state index >= 15 is 0 Å². The Morgan fingerprint density at radius 2 is 1.75 bits per heavy atom. The number of aromatic nitrogens is 6. The van der Waals surface area contributed by atoms with Gasteiger partial charge in [0.2, 0.25) is 5.91 Å². The number of nitrogens with one attached hydrogen (secondary N) is 2. The number of carbonyl (C=O) groups excluding carboxylic acids is 2. The van der Waals surface area contributed by atoms with E-state index in [0.29, 0.717) is 24.2 Å². The largest absolute Gasteiger partial charge is 0.360 e. The highest BCUT2D eigenvalue weighted by molar-refractivity contribution is 6.76. The lowest BCUT2D eigenvalue weighted by Crippen LogP contribution is -2.48. The first-order chi connectivity index (χ1) is 24.9. The zero-order chi connectivity index (χ0) is 36.6. The summed E-state index contributed by atoms with van der Waals surface area (Å²) in [7, 11) is 0.558. The first-order valence-electron chi connectivity index (χ1n) is 18.4. The predicted molar refractivity (Wildman–Crippen MR) is 206 cm³/mol. The van der Waals surface area contributed by atoms with Gasteiger partial charge in [-0.1, -0.05) is 50.0 Å². The molecule has 5 aromatic rings. The number of nitrogens with zero attached hydrogens (tertiary/aromatic N) is 6. The Morgan fingerprint density at radius 1 is 0.981 bits per heavy atom. The van der Waals surface area contributed by atoms with Gasteiger partial charge in [0.1, 0.15) is 18.5 Å². The molecule has 2 aliphatic rings. The van der Waals surface area contributed by atoms with Crippen molar-refractivity contribution in [2.45, 2.75) is 96.4 Å². The molecule has 2 N–H and O–H groups in total. The van der Waals surface area contributed by atoms with Gasteiger partial charge in [0, 0.05) is 62.5 Å². The van der Waals surface area contributed by atoms with Crippen LogP contribution in [0.5, 0.6) is 0 Å². The SMILES string of the molecule is Cc1nn(COCC[Si](C)(C)C)c(C)c1-c1ccc(NC(=O)C(NC(=O)c2ccnn2C)[C@@H]2CCCc3ccc(-c4cnn(C5CC5)c4)cc32)cc1. The summed E-state index contributed by atoms with van der Waals surface area (Å²) in [6.45, 7) is 12.3. The number of carbonyl (C=O) groups is 2. The van der Waals surface area contributed by atoms with E-state index in [4.69, 9.17) is 9.84 Å². The minimum Gasteiger partial charge on any atom is -0.360 e. The van der Waals surface area contributed by atoms with Gasteiger partial charge >= 0.3 is 0 Å². The number of aryl methyl sites for hydroxylation is 3. The van der Waals surface area contributed by atoms with Crippen LogP contribution < -0.4 is 10.6 Å². The first kappa shape index (κ1) is 35.6. The van der Waals surface area contributed by atoms with Crippen LogP contribution in [0.2, 0.25) is 25.7 Å². The van der Waals surface area contributed by atoms with E-state index in [0.717, 1.165) is 71.1 Å². The number of amides is 2. The van der Waals surface area contributed by atoms with Crippen LogP contribution in [0.15, 0.2) is 67.1 Å². The third kappa shape index (κ3) is 7.82. The van der Waals surface area contributed by atoms with Gasteiger partial charge in [-0.3, -0.25) is 19.0 Å². The Morgan fingerprint density at radius 3 is 2.46 bits per heavy atom. The van der Waals surface area contributed by atoms with Crippen LogP contribution in [0.4, 0.5) is 5.69 Å². The van der Waals surface area contributed by atoms with Crippen LogP contribution in [-0.2, 0) is 29.7 Å². The molecule has 1 fully saturated rings. The van der Waals surface area contributed by atoms with Crippen LogP contribution in [-0.4, -0.2) is 61.9 Å². The van der Waals surface area contributed by atoms with Crippen molar-refractivity contribution in [2.75, 3.05) is 11.9 Å². The lowest BCUT2D eigenvalue weighted by atomic mass is 9.77. The van der Waals surface area contributed by atoms with Gasteiger partial charge < -0.3 is 15.4 Å². The average molecular weight is 719 g/mol. The molecule has 1 saturated carbocycles. The summed E-state index contributed by atoms with van der Waals surface area (Å²) in [5.41, 5.74) is 9.52. The fraction of sp³-hybridized carbons (Fsp3) is 0.425. The lowest BCUT2D eigenvalue weighted by molar-refractivity contribution is -0.118. The maximum absolute atomic E-state index is 14.3. The third-order valence-electron chi connectivity index (χ3n) is 10.4. The molecule has 52 heavy (non-hydrogen) atoms. The quantitative estimate of drug-likeness (QED) is 0.0977. The minimum atomic E-state index is -1.17. The second kappa shape index (κ2) is 14.7. The van der Waals surface area contributed by atoms with Gasteiger partial charge in [0.25, 0.3) is 5.91 Å². The zero-order valence-electron chi connectivity index (χ0n) is 31.1. The molecule has 0 spiro atoms. The van der Waals surface area contributed by atoms with Crippen molar-refractivity contribution in [3.8, 4) is 22.3 Å². The van der Waals surface area contributed by atoms with Gasteiger partial charge in [0.05, 0.1) is 17.9 Å². The number of rotatable bonds is 13. The number of hydrogen-bond donors (Lipinski definition) is 2. The van der Waals surface area contributed by atoms with Crippen molar-refractivity contribution < 1.29 is 14.3 Å². The average Bonchev–Trinajstić information content (AvgIpc) is 3.55. The molecule has 0 aliphatic heterocycles. The molecular formula is C40H50N8O3Si. The molecule has 1 unspecified atom stereocenters. The predicted octanol–water partition coefficient (Wildman–Crippen LogP) is 7.27. The van der Waals surface area contributed by atoms with Crippen LogP contribution in [0.25, 0.3) is 22.3 Å². The van der Waals surface area contributed by atoms with Gasteiger partial charge in [-0.05, 0) is 92.4 Å². The molecule has 2 atom stereocenters. The molecule has 2 amide bonds. The third-order valence-corrected chi connectivity index (χ3v) is 12.1. The van der Waals surface area contributed by atoms with E-state index in [9.17, 15) is 9.59 Å². The first-order valence-corrected chi connectivity index (χ1v) is 22.1. The molecule has 2 aromatic carbocycles. The van der Waals surface area contributed by atoms with E-state index in [-0.39, 0.29) is 17.7 Å². The maximum Gasteiger partial charge on any atom is 0.270 e. The molecule has 0 saturated heterocycles. The molecule has 12 heteroatoms. The number of fused-ring (bicyclic) bond motifs is 1. The lowest BCUT2D eigenvalue weighted by Gasteiger charge is -2.32. The van der Waals surface area contributed by atoms with Crippen molar-refractivity contribution >= 4 is 25.6 Å². The molecule has 3 aromatic heterocycles. The van der Waals surface area contributed by atoms with Crippen LogP contribution in [0, 0.1) is 13.8 Å². The van der Waals surface area contributed by atoms with Crippen LogP contribution in [0.1, 0.15) is 70.6 Å². The van der Waals surface area contributed by atoms with Gasteiger partial charge in [0.15, 0.2) is 0 Å². The highest BCUT2D eigenvalue weighted by atomic mass is 28.3. The smallest absolute Gasteiger partial charge is 0.270 e. The molecule has 7 rings (SSSR count). The van der Waals surface area contributed by atoms with Crippen molar-refractivity contribution in [1.29, 1.82) is 0 Å². The molecule has 2 aliphatic carbocycles. The Bertz CT molecular complexity index is 2070. The van der Waals surface area contributed by atoms with Crippen LogP contribution in [0.3, 0.4) is 0 Å². The molecule has 0 bridgehead atoms. The topological polar surface area (TPSA) is 121 Å². The Balaban J connectivity index is 1.12. The van der Waals surface area contributed by atoms with Gasteiger partial charge in [-0.15, -0.1) is 0 Å². The second-order valence-electron chi connectivity index (χ2n) is 15.6. The summed E-state index contributed by atoms with van der Waals surface area (Å²) in [5.74, 6) is -0.816. The highest BCUT2D eigenvalue weighted by Gasteiger charge is 2.35. The summed E-state index contributed by atoms with van der Waals surface area (Å²) < 4.78 is 11.5. The number of benzene rings is 2. The number of ether oxygens (including phenoxy) is 1. The van der Waals surface area contributed by atoms with Crippen molar-refractivity contribution in [1.82, 2.24) is 34.7 Å². The van der Waals surface area contributed by atoms with Gasteiger partial charge in [-0.25, -0.2) is 4.68 Å². The van der Waals surface area contributed by atoms with E-state index in [2.05, 4.69) is 76.5 Å². The second-order valence-corrected chi connectivity index (χ2v) is 21.2. The van der Waals surface area contributed by atoms with E-state index in [1.54, 1.807) is 19.3 Å². The molecule has 3 heterocycles. The van der Waals surface area contributed by atoms with E-state index in [1.807, 2.05) is 42.1 Å².